The maximum atomic E-state index is 5.71. The maximum Gasteiger partial charge on any atom is 0.0669 e. The summed E-state index contributed by atoms with van der Waals surface area (Å²) in [4.78, 5) is 0. The Labute approximate surface area is 110 Å². The Hall–Kier alpha value is -0.870. The van der Waals surface area contributed by atoms with E-state index in [1.165, 1.54) is 18.4 Å². The molecule has 18 heavy (non-hydrogen) atoms. The maximum absolute atomic E-state index is 5.71. The first kappa shape index (κ1) is 13.6. The Morgan fingerprint density at radius 1 is 1.44 bits per heavy atom. The van der Waals surface area contributed by atoms with Gasteiger partial charge in [0.2, 0.25) is 0 Å². The molecule has 0 saturated heterocycles. The number of nitrogens with one attached hydrogen (secondary N) is 1. The van der Waals surface area contributed by atoms with Crippen molar-refractivity contribution in [2.75, 3.05) is 6.61 Å². The fourth-order valence-electron chi connectivity index (χ4n) is 1.83. The van der Waals surface area contributed by atoms with Crippen molar-refractivity contribution in [2.24, 2.45) is 0 Å². The van der Waals surface area contributed by atoms with Crippen LogP contribution < -0.4 is 5.32 Å². The van der Waals surface area contributed by atoms with Gasteiger partial charge in [0.05, 0.1) is 24.4 Å². The van der Waals surface area contributed by atoms with Crippen molar-refractivity contribution >= 4 is 0 Å². The third-order valence-corrected chi connectivity index (χ3v) is 3.06. The summed E-state index contributed by atoms with van der Waals surface area (Å²) in [6, 6.07) is 0.747. The van der Waals surface area contributed by atoms with Gasteiger partial charge in [0.1, 0.15) is 0 Å². The molecule has 0 aromatic carbocycles. The van der Waals surface area contributed by atoms with Gasteiger partial charge in [-0.15, -0.1) is 0 Å². The van der Waals surface area contributed by atoms with Crippen LogP contribution in [0, 0.1) is 6.92 Å². The predicted molar refractivity (Wildman–Crippen MR) is 72.5 cm³/mol. The van der Waals surface area contributed by atoms with Crippen LogP contribution in [0.1, 0.15) is 44.9 Å². The lowest BCUT2D eigenvalue weighted by atomic mass is 10.2. The standard InChI is InChI=1S/C14H25N3O/c1-11-12(9-15-13-5-6-13)10-17(16-11)7-8-18-14(2,3)4/h10,13,15H,5-9H2,1-4H3. The van der Waals surface area contributed by atoms with Crippen molar-refractivity contribution in [1.82, 2.24) is 15.1 Å². The van der Waals surface area contributed by atoms with Gasteiger partial charge in [0.15, 0.2) is 0 Å². The van der Waals surface area contributed by atoms with Gasteiger partial charge in [-0.05, 0) is 40.5 Å². The molecule has 102 valence electrons. The first-order valence-corrected chi connectivity index (χ1v) is 6.84. The molecule has 0 unspecified atom stereocenters. The quantitative estimate of drug-likeness (QED) is 0.843. The third kappa shape index (κ3) is 4.42. The van der Waals surface area contributed by atoms with Gasteiger partial charge in [-0.2, -0.15) is 5.10 Å². The van der Waals surface area contributed by atoms with Crippen LogP contribution in [0.25, 0.3) is 0 Å². The molecule has 4 heteroatoms. The number of aryl methyl sites for hydroxylation is 1. The molecule has 0 bridgehead atoms. The van der Waals surface area contributed by atoms with Crippen LogP contribution in [0.4, 0.5) is 0 Å². The lowest BCUT2D eigenvalue weighted by molar-refractivity contribution is -0.00791. The molecule has 1 aliphatic carbocycles. The summed E-state index contributed by atoms with van der Waals surface area (Å²) in [5.41, 5.74) is 2.36. The zero-order valence-corrected chi connectivity index (χ0v) is 12.0. The number of hydrogen-bond acceptors (Lipinski definition) is 3. The Balaban J connectivity index is 1.79. The van der Waals surface area contributed by atoms with E-state index in [4.69, 9.17) is 4.74 Å². The minimum atomic E-state index is -0.0709. The van der Waals surface area contributed by atoms with Crippen molar-refractivity contribution in [3.05, 3.63) is 17.5 Å². The summed E-state index contributed by atoms with van der Waals surface area (Å²) in [5.74, 6) is 0. The molecular weight excluding hydrogens is 226 g/mol. The lowest BCUT2D eigenvalue weighted by Gasteiger charge is -2.19. The van der Waals surface area contributed by atoms with Crippen LogP contribution in [0.5, 0.6) is 0 Å². The average Bonchev–Trinajstić information content (AvgIpc) is 3.00. The number of hydrogen-bond donors (Lipinski definition) is 1. The zero-order valence-electron chi connectivity index (χ0n) is 12.0. The average molecular weight is 251 g/mol. The van der Waals surface area contributed by atoms with Crippen molar-refractivity contribution in [3.63, 3.8) is 0 Å². The summed E-state index contributed by atoms with van der Waals surface area (Å²) >= 11 is 0. The van der Waals surface area contributed by atoms with Gasteiger partial charge in [0.25, 0.3) is 0 Å². The second-order valence-electron chi connectivity index (χ2n) is 6.12. The first-order valence-electron chi connectivity index (χ1n) is 6.84. The number of aromatic nitrogens is 2. The van der Waals surface area contributed by atoms with Gasteiger partial charge in [0, 0.05) is 24.3 Å². The smallest absolute Gasteiger partial charge is 0.0669 e. The molecule has 1 fully saturated rings. The Kier molecular flexibility index (Phi) is 4.07. The Morgan fingerprint density at radius 3 is 2.78 bits per heavy atom. The van der Waals surface area contributed by atoms with Crippen LogP contribution in [-0.2, 0) is 17.8 Å². The van der Waals surface area contributed by atoms with Gasteiger partial charge < -0.3 is 10.1 Å². The molecule has 1 N–H and O–H groups in total. The Bertz CT molecular complexity index is 388. The minimum absolute atomic E-state index is 0.0709. The number of ether oxygens (including phenoxy) is 1. The summed E-state index contributed by atoms with van der Waals surface area (Å²) < 4.78 is 7.71. The predicted octanol–water partition coefficient (Wildman–Crippen LogP) is 2.26. The van der Waals surface area contributed by atoms with Gasteiger partial charge in [-0.3, -0.25) is 4.68 Å². The zero-order chi connectivity index (χ0) is 13.2. The van der Waals surface area contributed by atoms with Crippen molar-refractivity contribution < 1.29 is 4.74 Å². The van der Waals surface area contributed by atoms with E-state index in [9.17, 15) is 0 Å². The van der Waals surface area contributed by atoms with E-state index in [0.717, 1.165) is 24.8 Å². The molecule has 0 aliphatic heterocycles. The molecule has 4 nitrogen and oxygen atoms in total. The monoisotopic (exact) mass is 251 g/mol. The van der Waals surface area contributed by atoms with Crippen molar-refractivity contribution in [2.45, 2.75) is 65.3 Å². The van der Waals surface area contributed by atoms with E-state index in [1.807, 2.05) is 4.68 Å². The van der Waals surface area contributed by atoms with E-state index in [0.29, 0.717) is 6.61 Å². The fourth-order valence-corrected chi connectivity index (χ4v) is 1.83. The van der Waals surface area contributed by atoms with E-state index in [1.54, 1.807) is 0 Å². The number of rotatable bonds is 6. The molecule has 0 radical (unpaired) electrons. The summed E-state index contributed by atoms with van der Waals surface area (Å²) in [7, 11) is 0. The van der Waals surface area contributed by atoms with Gasteiger partial charge in [-0.25, -0.2) is 0 Å². The summed E-state index contributed by atoms with van der Waals surface area (Å²) in [6.07, 6.45) is 4.79. The highest BCUT2D eigenvalue weighted by molar-refractivity contribution is 5.15. The molecule has 1 heterocycles. The van der Waals surface area contributed by atoms with Gasteiger partial charge >= 0.3 is 0 Å². The minimum Gasteiger partial charge on any atom is -0.374 e. The van der Waals surface area contributed by atoms with Crippen LogP contribution in [0.2, 0.25) is 0 Å². The molecule has 0 amide bonds. The largest absolute Gasteiger partial charge is 0.374 e. The molecule has 1 saturated carbocycles. The topological polar surface area (TPSA) is 39.1 Å². The Morgan fingerprint density at radius 2 is 2.17 bits per heavy atom. The van der Waals surface area contributed by atoms with Crippen LogP contribution in [-0.4, -0.2) is 28.0 Å². The lowest BCUT2D eigenvalue weighted by Crippen LogP contribution is -2.22. The molecule has 1 aliphatic rings. The second-order valence-corrected chi connectivity index (χ2v) is 6.12. The first-order chi connectivity index (χ1) is 8.44. The van der Waals surface area contributed by atoms with E-state index in [-0.39, 0.29) is 5.60 Å². The van der Waals surface area contributed by atoms with Gasteiger partial charge in [-0.1, -0.05) is 0 Å². The summed E-state index contributed by atoms with van der Waals surface area (Å²) in [5, 5.41) is 8.05. The second kappa shape index (κ2) is 5.41. The van der Waals surface area contributed by atoms with Crippen LogP contribution in [0.3, 0.4) is 0 Å². The molecule has 2 rings (SSSR count). The van der Waals surface area contributed by atoms with E-state index >= 15 is 0 Å². The van der Waals surface area contributed by atoms with E-state index in [2.05, 4.69) is 44.3 Å². The van der Waals surface area contributed by atoms with E-state index < -0.39 is 0 Å². The molecule has 1 aromatic heterocycles. The molecular formula is C14H25N3O. The van der Waals surface area contributed by atoms with Crippen molar-refractivity contribution in [1.29, 1.82) is 0 Å². The molecule has 1 aromatic rings. The normalized spacial score (nSPS) is 16.2. The van der Waals surface area contributed by atoms with Crippen LogP contribution in [0.15, 0.2) is 6.20 Å². The summed E-state index contributed by atoms with van der Waals surface area (Å²) in [6.45, 7) is 10.8. The SMILES string of the molecule is Cc1nn(CCOC(C)(C)C)cc1CNC1CC1. The third-order valence-electron chi connectivity index (χ3n) is 3.06. The highest BCUT2D eigenvalue weighted by atomic mass is 16.5. The highest BCUT2D eigenvalue weighted by Gasteiger charge is 2.20. The highest BCUT2D eigenvalue weighted by Crippen LogP contribution is 2.19. The molecule has 0 spiro atoms. The van der Waals surface area contributed by atoms with Crippen LogP contribution >= 0.6 is 0 Å². The van der Waals surface area contributed by atoms with Crippen molar-refractivity contribution in [3.8, 4) is 0 Å². The molecule has 0 atom stereocenters. The fraction of sp³-hybridized carbons (Fsp3) is 0.786. The number of nitrogens with zero attached hydrogens (tertiary/aromatic N) is 2.